The van der Waals surface area contributed by atoms with Crippen LogP contribution in [0.25, 0.3) is 0 Å². The third kappa shape index (κ3) is 3.63. The minimum absolute atomic E-state index is 0.0125. The number of pyridine rings is 1. The molecule has 2 rings (SSSR count). The van der Waals surface area contributed by atoms with Crippen molar-refractivity contribution in [2.45, 2.75) is 6.18 Å². The van der Waals surface area contributed by atoms with Crippen molar-refractivity contribution in [3.8, 4) is 0 Å². The number of alkyl halides is 3. The van der Waals surface area contributed by atoms with E-state index in [2.05, 4.69) is 10.3 Å². The zero-order valence-electron chi connectivity index (χ0n) is 10.3. The number of nitrogens with one attached hydrogen (secondary N) is 1. The number of carboxylic acids is 1. The molecule has 8 heteroatoms. The fraction of sp³-hybridized carbons (Fsp3) is 0.0769. The number of aromatic nitrogens is 1. The van der Waals surface area contributed by atoms with Gasteiger partial charge in [-0.2, -0.15) is 13.2 Å². The molecule has 0 saturated carbocycles. The molecule has 0 aliphatic heterocycles. The van der Waals surface area contributed by atoms with Crippen LogP contribution >= 0.6 is 11.6 Å². The number of rotatable bonds is 3. The first-order chi connectivity index (χ1) is 9.77. The minimum atomic E-state index is -4.50. The predicted molar refractivity (Wildman–Crippen MR) is 70.9 cm³/mol. The normalized spacial score (nSPS) is 11.2. The van der Waals surface area contributed by atoms with Crippen LogP contribution in [0, 0.1) is 0 Å². The zero-order chi connectivity index (χ0) is 15.6. The Morgan fingerprint density at radius 3 is 2.57 bits per heavy atom. The first kappa shape index (κ1) is 15.1. The number of carbonyl (C=O) groups is 1. The van der Waals surface area contributed by atoms with E-state index in [4.69, 9.17) is 16.7 Å². The van der Waals surface area contributed by atoms with Crippen LogP contribution in [0.5, 0.6) is 0 Å². The molecular weight excluding hydrogens is 309 g/mol. The summed E-state index contributed by atoms with van der Waals surface area (Å²) in [5.41, 5.74) is -1.12. The highest BCUT2D eigenvalue weighted by molar-refractivity contribution is 6.33. The van der Waals surface area contributed by atoms with Crippen LogP contribution in [0.4, 0.5) is 24.7 Å². The highest BCUT2D eigenvalue weighted by atomic mass is 35.5. The van der Waals surface area contributed by atoms with Crippen molar-refractivity contribution in [1.82, 2.24) is 4.98 Å². The lowest BCUT2D eigenvalue weighted by atomic mass is 10.2. The largest absolute Gasteiger partial charge is 0.477 e. The highest BCUT2D eigenvalue weighted by Gasteiger charge is 2.31. The van der Waals surface area contributed by atoms with E-state index in [0.29, 0.717) is 0 Å². The van der Waals surface area contributed by atoms with Gasteiger partial charge in [-0.25, -0.2) is 9.78 Å². The topological polar surface area (TPSA) is 62.2 Å². The van der Waals surface area contributed by atoms with Gasteiger partial charge in [0.15, 0.2) is 5.69 Å². The molecule has 0 radical (unpaired) electrons. The Morgan fingerprint density at radius 2 is 1.95 bits per heavy atom. The fourth-order valence-electron chi connectivity index (χ4n) is 1.56. The van der Waals surface area contributed by atoms with Crippen LogP contribution in [0.3, 0.4) is 0 Å². The van der Waals surface area contributed by atoms with Crippen LogP contribution in [0.2, 0.25) is 5.02 Å². The summed E-state index contributed by atoms with van der Waals surface area (Å²) in [6, 6.07) is 6.89. The van der Waals surface area contributed by atoms with Crippen molar-refractivity contribution >= 4 is 29.1 Å². The number of anilines is 2. The molecule has 2 N–H and O–H groups in total. The summed E-state index contributed by atoms with van der Waals surface area (Å²) in [5.74, 6) is -1.16. The summed E-state index contributed by atoms with van der Waals surface area (Å²) in [6.07, 6.45) is -4.50. The molecule has 4 nitrogen and oxygen atoms in total. The van der Waals surface area contributed by atoms with E-state index in [9.17, 15) is 18.0 Å². The molecule has 0 bridgehead atoms. The van der Waals surface area contributed by atoms with Gasteiger partial charge in [0, 0.05) is 0 Å². The summed E-state index contributed by atoms with van der Waals surface area (Å²) in [7, 11) is 0. The molecule has 1 heterocycles. The number of hydrogen-bond acceptors (Lipinski definition) is 3. The maximum atomic E-state index is 12.6. The molecular formula is C13H8ClF3N2O2. The van der Waals surface area contributed by atoms with Gasteiger partial charge in [-0.3, -0.25) is 0 Å². The first-order valence-corrected chi connectivity index (χ1v) is 5.99. The Morgan fingerprint density at radius 1 is 1.24 bits per heavy atom. The van der Waals surface area contributed by atoms with Crippen LogP contribution in [-0.2, 0) is 6.18 Å². The first-order valence-electron chi connectivity index (χ1n) is 5.61. The molecule has 0 saturated heterocycles. The quantitative estimate of drug-likeness (QED) is 0.891. The van der Waals surface area contributed by atoms with Crippen molar-refractivity contribution in [2.24, 2.45) is 0 Å². The second-order valence-electron chi connectivity index (χ2n) is 4.03. The van der Waals surface area contributed by atoms with Gasteiger partial charge in [-0.15, -0.1) is 0 Å². The van der Waals surface area contributed by atoms with E-state index in [-0.39, 0.29) is 22.2 Å². The maximum Gasteiger partial charge on any atom is 0.416 e. The summed E-state index contributed by atoms with van der Waals surface area (Å²) in [6.45, 7) is 0. The molecule has 1 aromatic carbocycles. The molecule has 0 aliphatic rings. The van der Waals surface area contributed by atoms with Gasteiger partial charge in [0.2, 0.25) is 0 Å². The lowest BCUT2D eigenvalue weighted by Crippen LogP contribution is -2.06. The Bertz CT molecular complexity index is 689. The van der Waals surface area contributed by atoms with E-state index in [1.54, 1.807) is 0 Å². The summed E-state index contributed by atoms with van der Waals surface area (Å²) in [5, 5.41) is 11.4. The molecule has 0 atom stereocenters. The monoisotopic (exact) mass is 316 g/mol. The van der Waals surface area contributed by atoms with Crippen molar-refractivity contribution in [3.63, 3.8) is 0 Å². The second kappa shape index (κ2) is 5.61. The molecule has 2 aromatic rings. The molecule has 0 unspecified atom stereocenters. The van der Waals surface area contributed by atoms with Crippen molar-refractivity contribution in [3.05, 3.63) is 52.7 Å². The van der Waals surface area contributed by atoms with Crippen LogP contribution in [-0.4, -0.2) is 16.1 Å². The van der Waals surface area contributed by atoms with Crippen LogP contribution in [0.15, 0.2) is 36.4 Å². The molecule has 0 amide bonds. The summed E-state index contributed by atoms with van der Waals surface area (Å²) in [4.78, 5) is 14.5. The van der Waals surface area contributed by atoms with Crippen LogP contribution < -0.4 is 5.32 Å². The molecule has 110 valence electrons. The standard InChI is InChI=1S/C13H8ClF3N2O2/c14-8-5-4-7(13(15,16)17)6-10(8)19-11-3-1-2-9(18-11)12(20)21/h1-6H,(H,18,19)(H,20,21). The lowest BCUT2D eigenvalue weighted by Gasteiger charge is -2.12. The van der Waals surface area contributed by atoms with E-state index >= 15 is 0 Å². The Balaban J connectivity index is 2.35. The predicted octanol–water partition coefficient (Wildman–Crippen LogP) is 4.20. The SMILES string of the molecule is O=C(O)c1cccc(Nc2cc(C(F)(F)F)ccc2Cl)n1. The number of benzene rings is 1. The second-order valence-corrected chi connectivity index (χ2v) is 4.44. The molecule has 1 aromatic heterocycles. The van der Waals surface area contributed by atoms with Crippen LogP contribution in [0.1, 0.15) is 16.1 Å². The third-order valence-electron chi connectivity index (χ3n) is 2.52. The van der Waals surface area contributed by atoms with E-state index < -0.39 is 17.7 Å². The van der Waals surface area contributed by atoms with Crippen molar-refractivity contribution in [1.29, 1.82) is 0 Å². The molecule has 21 heavy (non-hydrogen) atoms. The van der Waals surface area contributed by atoms with Gasteiger partial charge >= 0.3 is 12.1 Å². The highest BCUT2D eigenvalue weighted by Crippen LogP contribution is 2.34. The summed E-state index contributed by atoms with van der Waals surface area (Å²) >= 11 is 5.82. The van der Waals surface area contributed by atoms with Gasteiger partial charge in [0.1, 0.15) is 5.82 Å². The Hall–Kier alpha value is -2.28. The fourth-order valence-corrected chi connectivity index (χ4v) is 1.72. The number of carboxylic acid groups (broad SMARTS) is 1. The Labute approximate surface area is 122 Å². The van der Waals surface area contributed by atoms with Gasteiger partial charge in [-0.1, -0.05) is 17.7 Å². The minimum Gasteiger partial charge on any atom is -0.477 e. The average molecular weight is 317 g/mol. The van der Waals surface area contributed by atoms with E-state index in [1.165, 1.54) is 18.2 Å². The number of halogens is 4. The number of nitrogens with zero attached hydrogens (tertiary/aromatic N) is 1. The number of aromatic carboxylic acids is 1. The van der Waals surface area contributed by atoms with Gasteiger partial charge in [-0.05, 0) is 30.3 Å². The smallest absolute Gasteiger partial charge is 0.416 e. The zero-order valence-corrected chi connectivity index (χ0v) is 11.0. The van der Waals surface area contributed by atoms with Crippen molar-refractivity contribution in [2.75, 3.05) is 5.32 Å². The molecule has 0 spiro atoms. The van der Waals surface area contributed by atoms with Crippen molar-refractivity contribution < 1.29 is 23.1 Å². The van der Waals surface area contributed by atoms with Gasteiger partial charge in [0.25, 0.3) is 0 Å². The Kier molecular flexibility index (Phi) is 4.04. The third-order valence-corrected chi connectivity index (χ3v) is 2.85. The molecule has 0 aliphatic carbocycles. The average Bonchev–Trinajstić information content (AvgIpc) is 2.40. The lowest BCUT2D eigenvalue weighted by molar-refractivity contribution is -0.137. The number of hydrogen-bond donors (Lipinski definition) is 2. The van der Waals surface area contributed by atoms with Gasteiger partial charge < -0.3 is 10.4 Å². The molecule has 0 fully saturated rings. The summed E-state index contributed by atoms with van der Waals surface area (Å²) < 4.78 is 37.9. The van der Waals surface area contributed by atoms with Gasteiger partial charge in [0.05, 0.1) is 16.3 Å². The van der Waals surface area contributed by atoms with E-state index in [1.807, 2.05) is 0 Å². The maximum absolute atomic E-state index is 12.6. The van der Waals surface area contributed by atoms with E-state index in [0.717, 1.165) is 18.2 Å².